The van der Waals surface area contributed by atoms with Crippen molar-refractivity contribution in [2.75, 3.05) is 27.8 Å². The predicted octanol–water partition coefficient (Wildman–Crippen LogP) is 5.85. The summed E-state index contributed by atoms with van der Waals surface area (Å²) in [6.45, 7) is 8.33. The van der Waals surface area contributed by atoms with Crippen molar-refractivity contribution in [2.45, 2.75) is 97.2 Å². The molecular formula is C28H48O5. The van der Waals surface area contributed by atoms with Gasteiger partial charge in [0.1, 0.15) is 19.9 Å². The molecule has 0 aliphatic heterocycles. The number of hydrogen-bond donors (Lipinski definition) is 0. The van der Waals surface area contributed by atoms with Crippen molar-refractivity contribution in [2.24, 2.45) is 46.3 Å². The quantitative estimate of drug-likeness (QED) is 0.300. The van der Waals surface area contributed by atoms with Crippen molar-refractivity contribution in [1.29, 1.82) is 0 Å². The Kier molecular flexibility index (Phi) is 8.25. The first-order valence-corrected chi connectivity index (χ1v) is 13.5. The van der Waals surface area contributed by atoms with E-state index < -0.39 is 0 Å². The van der Waals surface area contributed by atoms with Crippen LogP contribution in [-0.2, 0) is 23.7 Å². The lowest BCUT2D eigenvalue weighted by Gasteiger charge is -2.63. The van der Waals surface area contributed by atoms with Gasteiger partial charge >= 0.3 is 0 Å². The van der Waals surface area contributed by atoms with Gasteiger partial charge in [-0.25, -0.2) is 0 Å². The minimum absolute atomic E-state index is 0.249. The molecule has 5 heteroatoms. The first-order chi connectivity index (χ1) is 15.9. The van der Waals surface area contributed by atoms with Crippen LogP contribution < -0.4 is 0 Å². The van der Waals surface area contributed by atoms with Crippen LogP contribution in [0, 0.1) is 46.3 Å². The Morgan fingerprint density at radius 3 is 2.30 bits per heavy atom. The minimum Gasteiger partial charge on any atom is -0.359 e. The zero-order valence-corrected chi connectivity index (χ0v) is 21.7. The fraction of sp³-hybridized carbons (Fsp3) is 0.964. The molecule has 2 unspecified atom stereocenters. The van der Waals surface area contributed by atoms with E-state index in [1.54, 1.807) is 14.2 Å². The Morgan fingerprint density at radius 2 is 1.58 bits per heavy atom. The van der Waals surface area contributed by atoms with Gasteiger partial charge in [0.15, 0.2) is 0 Å². The van der Waals surface area contributed by atoms with E-state index >= 15 is 0 Å². The molecule has 190 valence electrons. The fourth-order valence-electron chi connectivity index (χ4n) is 9.39. The standard InChI is InChI=1S/C28H48O5/c1-19(7-6-14-29)22-8-9-23-21-16-26(33-18-31-5)25-15-20(32-17-30-4)10-12-28(25,3)24(21)11-13-27(22,23)2/h14,19-26H,6-13,15-18H2,1-5H3/t19-,20?,21+,22-,23+,24+,25+,26?,27-,28-/m1/s1. The Morgan fingerprint density at radius 1 is 0.879 bits per heavy atom. The fourth-order valence-corrected chi connectivity index (χ4v) is 9.39. The van der Waals surface area contributed by atoms with Gasteiger partial charge in [0.2, 0.25) is 0 Å². The van der Waals surface area contributed by atoms with Gasteiger partial charge in [0, 0.05) is 20.6 Å². The average Bonchev–Trinajstić information content (AvgIpc) is 3.17. The van der Waals surface area contributed by atoms with E-state index in [2.05, 4.69) is 20.8 Å². The molecule has 4 rings (SSSR count). The highest BCUT2D eigenvalue weighted by molar-refractivity contribution is 5.49. The van der Waals surface area contributed by atoms with E-state index in [-0.39, 0.29) is 12.2 Å². The van der Waals surface area contributed by atoms with Gasteiger partial charge in [-0.05, 0) is 104 Å². The Labute approximate surface area is 201 Å². The van der Waals surface area contributed by atoms with Crippen LogP contribution in [0.3, 0.4) is 0 Å². The molecule has 5 nitrogen and oxygen atoms in total. The van der Waals surface area contributed by atoms with Gasteiger partial charge in [0.05, 0.1) is 12.2 Å². The van der Waals surface area contributed by atoms with Crippen molar-refractivity contribution < 1.29 is 23.7 Å². The van der Waals surface area contributed by atoms with Gasteiger partial charge in [-0.3, -0.25) is 0 Å². The molecule has 0 heterocycles. The highest BCUT2D eigenvalue weighted by atomic mass is 16.7. The number of fused-ring (bicyclic) bond motifs is 5. The summed E-state index contributed by atoms with van der Waals surface area (Å²) >= 11 is 0. The molecule has 4 aliphatic carbocycles. The number of carbonyl (C=O) groups excluding carboxylic acids is 1. The van der Waals surface area contributed by atoms with Crippen molar-refractivity contribution in [1.82, 2.24) is 0 Å². The maximum atomic E-state index is 11.0. The number of aldehydes is 1. The van der Waals surface area contributed by atoms with E-state index in [0.717, 1.165) is 49.2 Å². The largest absolute Gasteiger partial charge is 0.359 e. The maximum Gasteiger partial charge on any atom is 0.146 e. The van der Waals surface area contributed by atoms with Gasteiger partial charge in [-0.1, -0.05) is 20.8 Å². The molecule has 0 aromatic heterocycles. The van der Waals surface area contributed by atoms with Gasteiger partial charge in [-0.15, -0.1) is 0 Å². The Hall–Kier alpha value is -0.490. The van der Waals surface area contributed by atoms with E-state index in [9.17, 15) is 4.79 Å². The van der Waals surface area contributed by atoms with Crippen LogP contribution in [0.5, 0.6) is 0 Å². The molecule has 0 radical (unpaired) electrons. The van der Waals surface area contributed by atoms with E-state index in [4.69, 9.17) is 18.9 Å². The second-order valence-corrected chi connectivity index (χ2v) is 12.3. The van der Waals surface area contributed by atoms with Crippen LogP contribution >= 0.6 is 0 Å². The molecule has 4 aliphatic rings. The summed E-state index contributed by atoms with van der Waals surface area (Å²) in [5.41, 5.74) is 0.730. The molecule has 10 atom stereocenters. The Bertz CT molecular complexity index is 654. The van der Waals surface area contributed by atoms with Crippen molar-refractivity contribution in [3.63, 3.8) is 0 Å². The van der Waals surface area contributed by atoms with E-state index in [1.807, 2.05) is 0 Å². The third kappa shape index (κ3) is 4.69. The monoisotopic (exact) mass is 464 g/mol. The van der Waals surface area contributed by atoms with Crippen LogP contribution in [0.1, 0.15) is 85.0 Å². The summed E-state index contributed by atoms with van der Waals surface area (Å²) in [4.78, 5) is 11.0. The molecule has 0 aromatic carbocycles. The molecule has 4 saturated carbocycles. The highest BCUT2D eigenvalue weighted by Gasteiger charge is 2.62. The van der Waals surface area contributed by atoms with Crippen LogP contribution in [0.15, 0.2) is 0 Å². The summed E-state index contributed by atoms with van der Waals surface area (Å²) in [6, 6.07) is 0. The van der Waals surface area contributed by atoms with Gasteiger partial charge < -0.3 is 23.7 Å². The molecule has 4 fully saturated rings. The minimum atomic E-state index is 0.249. The molecule has 0 saturated heterocycles. The van der Waals surface area contributed by atoms with Crippen molar-refractivity contribution in [3.05, 3.63) is 0 Å². The zero-order chi connectivity index (χ0) is 23.6. The SMILES string of the molecule is COCOC1CC[C@@]2(C)[C@@H](C1)C(OCOC)C[C@@H]1[C@@H]2CC[C@]2(C)[C@@H]([C@H](C)CCC=O)CC[C@@H]12. The summed E-state index contributed by atoms with van der Waals surface area (Å²) < 4.78 is 23.0. The van der Waals surface area contributed by atoms with Gasteiger partial charge in [-0.2, -0.15) is 0 Å². The topological polar surface area (TPSA) is 54.0 Å². The van der Waals surface area contributed by atoms with E-state index in [1.165, 1.54) is 38.5 Å². The molecular weight excluding hydrogens is 416 g/mol. The first kappa shape index (κ1) is 25.6. The molecule has 33 heavy (non-hydrogen) atoms. The van der Waals surface area contributed by atoms with Crippen molar-refractivity contribution >= 4 is 6.29 Å². The van der Waals surface area contributed by atoms with Crippen LogP contribution in [0.2, 0.25) is 0 Å². The summed E-state index contributed by atoms with van der Waals surface area (Å²) in [6.07, 6.45) is 13.4. The third-order valence-corrected chi connectivity index (χ3v) is 10.9. The van der Waals surface area contributed by atoms with Crippen LogP contribution in [-0.4, -0.2) is 46.3 Å². The second-order valence-electron chi connectivity index (χ2n) is 12.3. The normalized spacial score (nSPS) is 45.7. The van der Waals surface area contributed by atoms with Crippen LogP contribution in [0.25, 0.3) is 0 Å². The van der Waals surface area contributed by atoms with Crippen LogP contribution in [0.4, 0.5) is 0 Å². The Balaban J connectivity index is 1.55. The van der Waals surface area contributed by atoms with Gasteiger partial charge in [0.25, 0.3) is 0 Å². The third-order valence-electron chi connectivity index (χ3n) is 10.9. The summed E-state index contributed by atoms with van der Waals surface area (Å²) in [5, 5.41) is 0. The smallest absolute Gasteiger partial charge is 0.146 e. The number of methoxy groups -OCH3 is 2. The lowest BCUT2D eigenvalue weighted by atomic mass is 9.43. The molecule has 0 spiro atoms. The number of carbonyl (C=O) groups is 1. The summed E-state index contributed by atoms with van der Waals surface area (Å²) in [5.74, 6) is 4.24. The number of ether oxygens (including phenoxy) is 4. The highest BCUT2D eigenvalue weighted by Crippen LogP contribution is 2.68. The number of rotatable bonds is 10. The molecule has 0 N–H and O–H groups in total. The average molecular weight is 465 g/mol. The zero-order valence-electron chi connectivity index (χ0n) is 21.7. The first-order valence-electron chi connectivity index (χ1n) is 13.5. The second kappa shape index (κ2) is 10.6. The lowest BCUT2D eigenvalue weighted by Crippen LogP contribution is -2.59. The molecule has 0 amide bonds. The van der Waals surface area contributed by atoms with E-state index in [0.29, 0.717) is 42.7 Å². The summed E-state index contributed by atoms with van der Waals surface area (Å²) in [7, 11) is 3.44. The predicted molar refractivity (Wildman–Crippen MR) is 129 cm³/mol. The number of hydrogen-bond acceptors (Lipinski definition) is 5. The maximum absolute atomic E-state index is 11.0. The lowest BCUT2D eigenvalue weighted by molar-refractivity contribution is -0.214. The molecule has 0 aromatic rings. The molecule has 0 bridgehead atoms. The van der Waals surface area contributed by atoms with Crippen molar-refractivity contribution in [3.8, 4) is 0 Å².